The molecule has 0 saturated heterocycles. The van der Waals surface area contributed by atoms with E-state index in [1.807, 2.05) is 30.3 Å². The Labute approximate surface area is 128 Å². The van der Waals surface area contributed by atoms with Gasteiger partial charge in [0, 0.05) is 17.0 Å². The third-order valence-electron chi connectivity index (χ3n) is 2.90. The average molecular weight is 305 g/mol. The van der Waals surface area contributed by atoms with Gasteiger partial charge in [-0.25, -0.2) is 0 Å². The third kappa shape index (κ3) is 3.73. The van der Waals surface area contributed by atoms with Crippen molar-refractivity contribution in [2.45, 2.75) is 13.1 Å². The molecule has 3 rings (SSSR count). The average Bonchev–Trinajstić information content (AvgIpc) is 3.11. The molecule has 0 aliphatic rings. The van der Waals surface area contributed by atoms with E-state index in [2.05, 4.69) is 35.0 Å². The fourth-order valence-corrected chi connectivity index (χ4v) is 2.63. The molecule has 0 radical (unpaired) electrons. The molecule has 104 valence electrons. The maximum atomic E-state index is 5.83. The molecule has 3 aromatic rings. The zero-order valence-electron chi connectivity index (χ0n) is 10.9. The van der Waals surface area contributed by atoms with Crippen molar-refractivity contribution in [1.82, 2.24) is 5.32 Å². The summed E-state index contributed by atoms with van der Waals surface area (Å²) in [4.78, 5) is 1.34. The highest BCUT2D eigenvalue weighted by Crippen LogP contribution is 2.21. The van der Waals surface area contributed by atoms with Crippen molar-refractivity contribution < 1.29 is 16.8 Å². The van der Waals surface area contributed by atoms with E-state index in [0.29, 0.717) is 0 Å². The van der Waals surface area contributed by atoms with Gasteiger partial charge < -0.3 is 22.1 Å². The molecule has 2 nitrogen and oxygen atoms in total. The maximum Gasteiger partial charge on any atom is 0.134 e. The summed E-state index contributed by atoms with van der Waals surface area (Å²) in [6.07, 6.45) is 0. The van der Waals surface area contributed by atoms with Gasteiger partial charge in [-0.2, -0.15) is 0 Å². The number of thiophene rings is 1. The van der Waals surface area contributed by atoms with Crippen LogP contribution in [-0.2, 0) is 13.1 Å². The molecule has 0 amide bonds. The van der Waals surface area contributed by atoms with Crippen LogP contribution in [0.5, 0.6) is 0 Å². The highest BCUT2D eigenvalue weighted by atomic mass is 35.5. The molecule has 0 bridgehead atoms. The number of hydrogen-bond acceptors (Lipinski definition) is 3. The predicted octanol–water partition coefficient (Wildman–Crippen LogP) is 1.30. The third-order valence-corrected chi connectivity index (χ3v) is 3.77. The van der Waals surface area contributed by atoms with Crippen LogP contribution in [0.25, 0.3) is 11.3 Å². The molecule has 2 aromatic heterocycles. The van der Waals surface area contributed by atoms with Crippen LogP contribution in [-0.4, -0.2) is 0 Å². The zero-order chi connectivity index (χ0) is 12.9. The lowest BCUT2D eigenvalue weighted by Gasteiger charge is -2.00. The van der Waals surface area contributed by atoms with Crippen LogP contribution in [0, 0.1) is 0 Å². The fraction of sp³-hybridized carbons (Fsp3) is 0.125. The van der Waals surface area contributed by atoms with Crippen molar-refractivity contribution in [2.24, 2.45) is 0 Å². The standard InChI is InChI=1S/C16H15NOS.ClH/c1-2-5-13(6-3-1)16-9-8-14(18-16)11-17-12-15-7-4-10-19-15;/h1-10,17H,11-12H2;1H/p-1. The Bertz CT molecular complexity index is 619. The van der Waals surface area contributed by atoms with Crippen LogP contribution < -0.4 is 17.7 Å². The van der Waals surface area contributed by atoms with Crippen LogP contribution in [0.4, 0.5) is 0 Å². The van der Waals surface area contributed by atoms with E-state index in [1.54, 1.807) is 11.3 Å². The number of rotatable bonds is 5. The van der Waals surface area contributed by atoms with Crippen molar-refractivity contribution >= 4 is 11.3 Å². The predicted molar refractivity (Wildman–Crippen MR) is 79.0 cm³/mol. The van der Waals surface area contributed by atoms with Crippen LogP contribution in [0.3, 0.4) is 0 Å². The molecule has 4 heteroatoms. The van der Waals surface area contributed by atoms with Crippen molar-refractivity contribution in [3.05, 3.63) is 70.6 Å². The van der Waals surface area contributed by atoms with Gasteiger partial charge in [0.15, 0.2) is 0 Å². The van der Waals surface area contributed by atoms with Gasteiger partial charge in [0.05, 0.1) is 6.54 Å². The van der Waals surface area contributed by atoms with Crippen molar-refractivity contribution in [1.29, 1.82) is 0 Å². The second-order valence-corrected chi connectivity index (χ2v) is 5.35. The Kier molecular flexibility index (Phi) is 5.41. The molecule has 0 spiro atoms. The Morgan fingerprint density at radius 3 is 2.50 bits per heavy atom. The molecule has 0 aliphatic heterocycles. The molecular formula is C16H15ClNOS-. The van der Waals surface area contributed by atoms with Gasteiger partial charge in [-0.05, 0) is 23.6 Å². The summed E-state index contributed by atoms with van der Waals surface area (Å²) in [5, 5.41) is 5.48. The van der Waals surface area contributed by atoms with E-state index in [0.717, 1.165) is 30.2 Å². The molecule has 1 N–H and O–H groups in total. The molecule has 0 aliphatic carbocycles. The highest BCUT2D eigenvalue weighted by molar-refractivity contribution is 7.09. The molecule has 0 fully saturated rings. The molecule has 1 aromatic carbocycles. The van der Waals surface area contributed by atoms with Crippen LogP contribution in [0.15, 0.2) is 64.4 Å². The minimum absolute atomic E-state index is 0. The molecule has 0 saturated carbocycles. The minimum atomic E-state index is 0. The SMILES string of the molecule is [Cl-].c1ccc(-c2ccc(CNCc3cccs3)o2)cc1. The monoisotopic (exact) mass is 304 g/mol. The lowest BCUT2D eigenvalue weighted by atomic mass is 10.2. The molecule has 0 atom stereocenters. The number of nitrogens with one attached hydrogen (secondary N) is 1. The van der Waals surface area contributed by atoms with Gasteiger partial charge >= 0.3 is 0 Å². The number of hydrogen-bond donors (Lipinski definition) is 1. The largest absolute Gasteiger partial charge is 1.00 e. The Hall–Kier alpha value is -1.55. The first-order valence-electron chi connectivity index (χ1n) is 6.29. The van der Waals surface area contributed by atoms with E-state index >= 15 is 0 Å². The minimum Gasteiger partial charge on any atom is -1.00 e. The quantitative estimate of drug-likeness (QED) is 0.769. The Morgan fingerprint density at radius 1 is 0.900 bits per heavy atom. The molecule has 2 heterocycles. The van der Waals surface area contributed by atoms with Crippen molar-refractivity contribution in [3.8, 4) is 11.3 Å². The van der Waals surface area contributed by atoms with Crippen molar-refractivity contribution in [3.63, 3.8) is 0 Å². The van der Waals surface area contributed by atoms with Gasteiger partial charge in [0.2, 0.25) is 0 Å². The maximum absolute atomic E-state index is 5.83. The van der Waals surface area contributed by atoms with E-state index in [-0.39, 0.29) is 12.4 Å². The first kappa shape index (κ1) is 14.9. The van der Waals surface area contributed by atoms with Crippen LogP contribution in [0.1, 0.15) is 10.6 Å². The van der Waals surface area contributed by atoms with Crippen LogP contribution in [0.2, 0.25) is 0 Å². The number of halogens is 1. The van der Waals surface area contributed by atoms with Gasteiger partial charge in [-0.3, -0.25) is 0 Å². The number of benzene rings is 1. The first-order valence-corrected chi connectivity index (χ1v) is 7.17. The smallest absolute Gasteiger partial charge is 0.134 e. The van der Waals surface area contributed by atoms with Gasteiger partial charge in [0.1, 0.15) is 11.5 Å². The van der Waals surface area contributed by atoms with Crippen LogP contribution >= 0.6 is 11.3 Å². The highest BCUT2D eigenvalue weighted by Gasteiger charge is 2.04. The summed E-state index contributed by atoms with van der Waals surface area (Å²) in [5.41, 5.74) is 1.12. The van der Waals surface area contributed by atoms with E-state index in [4.69, 9.17) is 4.42 Å². The summed E-state index contributed by atoms with van der Waals surface area (Å²) < 4.78 is 5.83. The molecule has 20 heavy (non-hydrogen) atoms. The Balaban J connectivity index is 0.00000147. The van der Waals surface area contributed by atoms with E-state index < -0.39 is 0 Å². The van der Waals surface area contributed by atoms with Gasteiger partial charge in [0.25, 0.3) is 0 Å². The fourth-order valence-electron chi connectivity index (χ4n) is 1.95. The summed E-state index contributed by atoms with van der Waals surface area (Å²) in [6, 6.07) is 18.4. The zero-order valence-corrected chi connectivity index (χ0v) is 12.5. The summed E-state index contributed by atoms with van der Waals surface area (Å²) in [6.45, 7) is 1.64. The van der Waals surface area contributed by atoms with Gasteiger partial charge in [-0.1, -0.05) is 36.4 Å². The van der Waals surface area contributed by atoms with Gasteiger partial charge in [-0.15, -0.1) is 11.3 Å². The van der Waals surface area contributed by atoms with E-state index in [9.17, 15) is 0 Å². The Morgan fingerprint density at radius 2 is 1.75 bits per heavy atom. The second kappa shape index (κ2) is 7.29. The van der Waals surface area contributed by atoms with E-state index in [1.165, 1.54) is 4.88 Å². The van der Waals surface area contributed by atoms with Crippen molar-refractivity contribution in [2.75, 3.05) is 0 Å². The number of furan rings is 1. The molecule has 0 unspecified atom stereocenters. The second-order valence-electron chi connectivity index (χ2n) is 4.31. The summed E-state index contributed by atoms with van der Waals surface area (Å²) >= 11 is 1.77. The topological polar surface area (TPSA) is 25.2 Å². The lowest BCUT2D eigenvalue weighted by Crippen LogP contribution is -3.00. The summed E-state index contributed by atoms with van der Waals surface area (Å²) in [5.74, 6) is 1.89. The lowest BCUT2D eigenvalue weighted by molar-refractivity contribution is -0.00000429. The normalized spacial score (nSPS) is 10.2. The summed E-state index contributed by atoms with van der Waals surface area (Å²) in [7, 11) is 0. The molecular weight excluding hydrogens is 290 g/mol. The first-order chi connectivity index (χ1) is 9.42.